The van der Waals surface area contributed by atoms with Crippen molar-refractivity contribution >= 4 is 11.8 Å². The van der Waals surface area contributed by atoms with E-state index in [9.17, 15) is 14.7 Å². The average Bonchev–Trinajstić information content (AvgIpc) is 3.14. The van der Waals surface area contributed by atoms with Crippen LogP contribution in [0.1, 0.15) is 30.7 Å². The Morgan fingerprint density at radius 1 is 1.28 bits per heavy atom. The number of fused-ring (bicyclic) bond motifs is 1. The number of amides is 2. The van der Waals surface area contributed by atoms with Crippen LogP contribution in [0.4, 0.5) is 0 Å². The fourth-order valence-corrected chi connectivity index (χ4v) is 3.14. The highest BCUT2D eigenvalue weighted by atomic mass is 16.4. The van der Waals surface area contributed by atoms with E-state index in [1.54, 1.807) is 24.0 Å². The smallest absolute Gasteiger partial charge is 0.243 e. The highest BCUT2D eigenvalue weighted by molar-refractivity contribution is 5.87. The molecular weight excluding hydrogens is 320 g/mol. The van der Waals surface area contributed by atoms with Crippen molar-refractivity contribution in [2.75, 3.05) is 6.54 Å². The number of carbonyl (C=O) groups is 2. The number of hydrogen-bond acceptors (Lipinski definition) is 4. The Kier molecular flexibility index (Phi) is 4.63. The zero-order valence-corrected chi connectivity index (χ0v) is 14.4. The molecule has 0 bridgehead atoms. The van der Waals surface area contributed by atoms with Gasteiger partial charge >= 0.3 is 0 Å². The van der Waals surface area contributed by atoms with Crippen molar-refractivity contribution < 1.29 is 19.1 Å². The van der Waals surface area contributed by atoms with Gasteiger partial charge in [-0.05, 0) is 30.2 Å². The van der Waals surface area contributed by atoms with Crippen LogP contribution in [0.5, 0.6) is 0 Å². The molecular formula is C19H22N2O4. The zero-order chi connectivity index (χ0) is 18.0. The zero-order valence-electron chi connectivity index (χ0n) is 14.4. The second-order valence-corrected chi connectivity index (χ2v) is 6.60. The molecule has 2 N–H and O–H groups in total. The lowest BCUT2D eigenvalue weighted by Crippen LogP contribution is -2.53. The molecule has 132 valence electrons. The van der Waals surface area contributed by atoms with Gasteiger partial charge in [-0.3, -0.25) is 9.59 Å². The molecule has 0 spiro atoms. The SMILES string of the molecule is CC(=O)N1Cc2ccccc2C[C@@H]1C(=O)NC[C@](C)(O)c1ccco1. The number of hydrogen-bond donors (Lipinski definition) is 2. The Morgan fingerprint density at radius 3 is 2.64 bits per heavy atom. The molecule has 1 aliphatic heterocycles. The molecule has 1 aromatic heterocycles. The van der Waals surface area contributed by atoms with E-state index in [1.807, 2.05) is 24.3 Å². The van der Waals surface area contributed by atoms with E-state index in [0.717, 1.165) is 11.1 Å². The van der Waals surface area contributed by atoms with Gasteiger partial charge in [-0.25, -0.2) is 0 Å². The largest absolute Gasteiger partial charge is 0.466 e. The lowest BCUT2D eigenvalue weighted by Gasteiger charge is -2.36. The predicted octanol–water partition coefficient (Wildman–Crippen LogP) is 1.58. The Bertz CT molecular complexity index is 767. The molecule has 1 aliphatic rings. The number of nitrogens with zero attached hydrogens (tertiary/aromatic N) is 1. The Balaban J connectivity index is 1.73. The van der Waals surface area contributed by atoms with E-state index < -0.39 is 11.6 Å². The van der Waals surface area contributed by atoms with Crippen LogP contribution in [-0.4, -0.2) is 34.4 Å². The summed E-state index contributed by atoms with van der Waals surface area (Å²) in [4.78, 5) is 26.3. The number of carbonyl (C=O) groups excluding carboxylic acids is 2. The van der Waals surface area contributed by atoms with Gasteiger partial charge in [-0.15, -0.1) is 0 Å². The molecule has 2 amide bonds. The minimum absolute atomic E-state index is 0.00321. The van der Waals surface area contributed by atoms with E-state index in [2.05, 4.69) is 5.32 Å². The molecule has 0 saturated heterocycles. The summed E-state index contributed by atoms with van der Waals surface area (Å²) in [6.07, 6.45) is 1.94. The summed E-state index contributed by atoms with van der Waals surface area (Å²) >= 11 is 0. The molecule has 25 heavy (non-hydrogen) atoms. The minimum atomic E-state index is -1.31. The quantitative estimate of drug-likeness (QED) is 0.884. The standard InChI is InChI=1S/C19H22N2O4/c1-13(22)21-11-15-7-4-3-6-14(15)10-16(21)18(23)20-12-19(2,24)17-8-5-9-25-17/h3-9,16,24H,10-12H2,1-2H3,(H,20,23)/t16-,19+/m1/s1. The molecule has 1 aromatic carbocycles. The molecule has 0 aliphatic carbocycles. The third-order valence-electron chi connectivity index (χ3n) is 4.61. The van der Waals surface area contributed by atoms with Crippen molar-refractivity contribution in [3.8, 4) is 0 Å². The van der Waals surface area contributed by atoms with Crippen LogP contribution < -0.4 is 5.32 Å². The second-order valence-electron chi connectivity index (χ2n) is 6.60. The molecule has 2 aromatic rings. The van der Waals surface area contributed by atoms with E-state index >= 15 is 0 Å². The van der Waals surface area contributed by atoms with E-state index in [-0.39, 0.29) is 18.4 Å². The van der Waals surface area contributed by atoms with E-state index in [0.29, 0.717) is 18.7 Å². The number of aliphatic hydroxyl groups is 1. The van der Waals surface area contributed by atoms with Gasteiger partial charge in [0.15, 0.2) is 0 Å². The maximum Gasteiger partial charge on any atom is 0.243 e. The van der Waals surface area contributed by atoms with Crippen LogP contribution in [0.15, 0.2) is 47.1 Å². The predicted molar refractivity (Wildman–Crippen MR) is 91.4 cm³/mol. The molecule has 2 atom stereocenters. The number of rotatable bonds is 4. The number of benzene rings is 1. The van der Waals surface area contributed by atoms with Crippen LogP contribution in [-0.2, 0) is 28.2 Å². The first-order valence-corrected chi connectivity index (χ1v) is 8.26. The van der Waals surface area contributed by atoms with Gasteiger partial charge in [0.1, 0.15) is 17.4 Å². The molecule has 0 fully saturated rings. The van der Waals surface area contributed by atoms with Gasteiger partial charge in [-0.2, -0.15) is 0 Å². The summed E-state index contributed by atoms with van der Waals surface area (Å²) in [6.45, 7) is 3.46. The summed E-state index contributed by atoms with van der Waals surface area (Å²) in [5.41, 5.74) is 0.814. The summed E-state index contributed by atoms with van der Waals surface area (Å²) in [6, 6.07) is 10.6. The van der Waals surface area contributed by atoms with Crippen molar-refractivity contribution in [2.24, 2.45) is 0 Å². The third-order valence-corrected chi connectivity index (χ3v) is 4.61. The molecule has 6 heteroatoms. The lowest BCUT2D eigenvalue weighted by atomic mass is 9.93. The molecule has 2 heterocycles. The summed E-state index contributed by atoms with van der Waals surface area (Å²) < 4.78 is 5.22. The van der Waals surface area contributed by atoms with Crippen molar-refractivity contribution in [1.29, 1.82) is 0 Å². The first-order valence-electron chi connectivity index (χ1n) is 8.26. The molecule has 0 unspecified atom stereocenters. The van der Waals surface area contributed by atoms with Crippen molar-refractivity contribution in [3.05, 3.63) is 59.5 Å². The molecule has 3 rings (SSSR count). The van der Waals surface area contributed by atoms with Gasteiger partial charge in [0.25, 0.3) is 0 Å². The lowest BCUT2D eigenvalue weighted by molar-refractivity contribution is -0.140. The first-order chi connectivity index (χ1) is 11.9. The molecule has 0 saturated carbocycles. The Labute approximate surface area is 146 Å². The van der Waals surface area contributed by atoms with Crippen LogP contribution in [0.25, 0.3) is 0 Å². The Morgan fingerprint density at radius 2 is 2.00 bits per heavy atom. The van der Waals surface area contributed by atoms with Gasteiger partial charge in [-0.1, -0.05) is 24.3 Å². The summed E-state index contributed by atoms with van der Waals surface area (Å²) in [5.74, 6) is -0.0470. The summed E-state index contributed by atoms with van der Waals surface area (Å²) in [5, 5.41) is 13.2. The van der Waals surface area contributed by atoms with E-state index in [1.165, 1.54) is 13.2 Å². The van der Waals surface area contributed by atoms with Crippen molar-refractivity contribution in [1.82, 2.24) is 10.2 Å². The van der Waals surface area contributed by atoms with Crippen molar-refractivity contribution in [2.45, 2.75) is 38.5 Å². The van der Waals surface area contributed by atoms with Crippen LogP contribution in [0, 0.1) is 0 Å². The van der Waals surface area contributed by atoms with Gasteiger partial charge in [0.05, 0.1) is 12.8 Å². The Hall–Kier alpha value is -2.60. The van der Waals surface area contributed by atoms with E-state index in [4.69, 9.17) is 4.42 Å². The monoisotopic (exact) mass is 342 g/mol. The first kappa shape index (κ1) is 17.2. The highest BCUT2D eigenvalue weighted by Crippen LogP contribution is 2.24. The maximum atomic E-state index is 12.7. The van der Waals surface area contributed by atoms with Gasteiger partial charge in [0, 0.05) is 19.9 Å². The van der Waals surface area contributed by atoms with Gasteiger partial charge < -0.3 is 19.7 Å². The second kappa shape index (κ2) is 6.72. The third kappa shape index (κ3) is 3.58. The maximum absolute atomic E-state index is 12.7. The summed E-state index contributed by atoms with van der Waals surface area (Å²) in [7, 11) is 0. The number of furan rings is 1. The fraction of sp³-hybridized carbons (Fsp3) is 0.368. The molecule has 6 nitrogen and oxygen atoms in total. The fourth-order valence-electron chi connectivity index (χ4n) is 3.14. The van der Waals surface area contributed by atoms with Crippen LogP contribution in [0.3, 0.4) is 0 Å². The minimum Gasteiger partial charge on any atom is -0.466 e. The normalized spacial score (nSPS) is 19.0. The number of nitrogens with one attached hydrogen (secondary N) is 1. The molecule has 0 radical (unpaired) electrons. The highest BCUT2D eigenvalue weighted by Gasteiger charge is 2.34. The van der Waals surface area contributed by atoms with Crippen LogP contribution >= 0.6 is 0 Å². The van der Waals surface area contributed by atoms with Crippen molar-refractivity contribution in [3.63, 3.8) is 0 Å². The van der Waals surface area contributed by atoms with Crippen LogP contribution in [0.2, 0.25) is 0 Å². The topological polar surface area (TPSA) is 82.8 Å². The van der Waals surface area contributed by atoms with Gasteiger partial charge in [0.2, 0.25) is 11.8 Å². The average molecular weight is 342 g/mol.